The van der Waals surface area contributed by atoms with Crippen molar-refractivity contribution in [2.24, 2.45) is 13.0 Å². The third-order valence-electron chi connectivity index (χ3n) is 5.06. The summed E-state index contributed by atoms with van der Waals surface area (Å²) < 4.78 is 2.04. The molecule has 1 aliphatic carbocycles. The lowest BCUT2D eigenvalue weighted by Crippen LogP contribution is -2.45. The van der Waals surface area contributed by atoms with Crippen LogP contribution in [0.2, 0.25) is 0 Å². The molecule has 6 heteroatoms. The molecular formula is C23H31N3O2S. The van der Waals surface area contributed by atoms with Gasteiger partial charge in [-0.2, -0.15) is 0 Å². The molecule has 1 heterocycles. The lowest BCUT2D eigenvalue weighted by Gasteiger charge is -2.29. The highest BCUT2D eigenvalue weighted by molar-refractivity contribution is 8.00. The Morgan fingerprint density at radius 3 is 2.41 bits per heavy atom. The second-order valence-electron chi connectivity index (χ2n) is 8.13. The molecule has 5 nitrogen and oxygen atoms in total. The van der Waals surface area contributed by atoms with Crippen LogP contribution in [-0.4, -0.2) is 51.1 Å². The molecule has 1 fully saturated rings. The minimum Gasteiger partial charge on any atom is -0.353 e. The summed E-state index contributed by atoms with van der Waals surface area (Å²) >= 11 is 1.53. The Bertz CT molecular complexity index is 815. The molecular weight excluding hydrogens is 382 g/mol. The van der Waals surface area contributed by atoms with E-state index in [1.807, 2.05) is 65.2 Å². The first kappa shape index (κ1) is 21.5. The second kappa shape index (κ2) is 10.0. The van der Waals surface area contributed by atoms with Gasteiger partial charge in [-0.05, 0) is 43.0 Å². The number of amides is 2. The van der Waals surface area contributed by atoms with Gasteiger partial charge in [-0.3, -0.25) is 9.59 Å². The number of rotatable bonds is 10. The Hall–Kier alpha value is -2.21. The third-order valence-corrected chi connectivity index (χ3v) is 6.06. The maximum atomic E-state index is 13.2. The van der Waals surface area contributed by atoms with Gasteiger partial charge in [0.1, 0.15) is 6.54 Å². The summed E-state index contributed by atoms with van der Waals surface area (Å²) in [7, 11) is 1.99. The van der Waals surface area contributed by atoms with Crippen LogP contribution in [0.25, 0.3) is 0 Å². The molecule has 2 amide bonds. The Balaban J connectivity index is 1.63. The summed E-state index contributed by atoms with van der Waals surface area (Å²) in [6.45, 7) is 5.68. The van der Waals surface area contributed by atoms with E-state index in [9.17, 15) is 9.59 Å². The lowest BCUT2D eigenvalue weighted by atomic mass is 10.2. The van der Waals surface area contributed by atoms with Crippen molar-refractivity contribution in [2.75, 3.05) is 18.8 Å². The summed E-state index contributed by atoms with van der Waals surface area (Å²) in [5, 5.41) is 0. The van der Waals surface area contributed by atoms with Crippen molar-refractivity contribution in [3.8, 4) is 0 Å². The number of hydrogen-bond acceptors (Lipinski definition) is 3. The molecule has 0 spiro atoms. The molecule has 0 atom stereocenters. The van der Waals surface area contributed by atoms with Crippen LogP contribution in [0.5, 0.6) is 0 Å². The minimum atomic E-state index is 0.0323. The van der Waals surface area contributed by atoms with Crippen molar-refractivity contribution in [1.82, 2.24) is 14.4 Å². The van der Waals surface area contributed by atoms with E-state index >= 15 is 0 Å². The van der Waals surface area contributed by atoms with Crippen LogP contribution >= 0.6 is 11.8 Å². The van der Waals surface area contributed by atoms with Gasteiger partial charge in [-0.25, -0.2) is 0 Å². The number of carbonyl (C=O) groups is 2. The standard InChI is InChI=1S/C23H31N3O2S/c1-18(2)14-25(15-20-8-7-13-24(20)3)22(27)16-26(19-11-12-19)23(28)17-29-21-9-5-4-6-10-21/h4-10,13,18-19H,11-12,14-17H2,1-3H3. The summed E-state index contributed by atoms with van der Waals surface area (Å²) in [5.74, 6) is 0.830. The number of nitrogens with zero attached hydrogens (tertiary/aromatic N) is 3. The quantitative estimate of drug-likeness (QED) is 0.557. The van der Waals surface area contributed by atoms with Gasteiger partial charge in [0.2, 0.25) is 11.8 Å². The molecule has 1 saturated carbocycles. The van der Waals surface area contributed by atoms with Crippen LogP contribution in [-0.2, 0) is 23.2 Å². The van der Waals surface area contributed by atoms with Crippen molar-refractivity contribution < 1.29 is 9.59 Å². The van der Waals surface area contributed by atoms with E-state index in [0.717, 1.165) is 23.4 Å². The van der Waals surface area contributed by atoms with Crippen LogP contribution in [0.4, 0.5) is 0 Å². The highest BCUT2D eigenvalue weighted by atomic mass is 32.2. The maximum Gasteiger partial charge on any atom is 0.242 e. The van der Waals surface area contributed by atoms with E-state index in [1.54, 1.807) is 4.90 Å². The predicted molar refractivity (Wildman–Crippen MR) is 118 cm³/mol. The average molecular weight is 414 g/mol. The lowest BCUT2D eigenvalue weighted by molar-refractivity contribution is -0.140. The molecule has 0 unspecified atom stereocenters. The summed E-state index contributed by atoms with van der Waals surface area (Å²) in [5.41, 5.74) is 1.10. The first-order valence-corrected chi connectivity index (χ1v) is 11.3. The van der Waals surface area contributed by atoms with Crippen LogP contribution in [0.1, 0.15) is 32.4 Å². The normalized spacial score (nSPS) is 13.5. The molecule has 1 aromatic heterocycles. The van der Waals surface area contributed by atoms with Crippen molar-refractivity contribution in [1.29, 1.82) is 0 Å². The van der Waals surface area contributed by atoms with Crippen molar-refractivity contribution in [3.63, 3.8) is 0 Å². The smallest absolute Gasteiger partial charge is 0.242 e. The predicted octanol–water partition coefficient (Wildman–Crippen LogP) is 3.79. The Labute approximate surface area is 178 Å². The van der Waals surface area contributed by atoms with Crippen LogP contribution in [0.15, 0.2) is 53.6 Å². The molecule has 3 rings (SSSR count). The zero-order valence-corrected chi connectivity index (χ0v) is 18.4. The number of carbonyl (C=O) groups excluding carboxylic acids is 2. The summed E-state index contributed by atoms with van der Waals surface area (Å²) in [6.07, 6.45) is 3.99. The van der Waals surface area contributed by atoms with Crippen molar-refractivity contribution in [2.45, 2.75) is 44.2 Å². The molecule has 29 heavy (non-hydrogen) atoms. The molecule has 1 aliphatic rings. The number of aryl methyl sites for hydroxylation is 1. The van der Waals surface area contributed by atoms with Gasteiger partial charge < -0.3 is 14.4 Å². The Morgan fingerprint density at radius 1 is 1.10 bits per heavy atom. The second-order valence-corrected chi connectivity index (χ2v) is 9.18. The molecule has 156 valence electrons. The monoisotopic (exact) mass is 413 g/mol. The van der Waals surface area contributed by atoms with Crippen LogP contribution in [0, 0.1) is 5.92 Å². The van der Waals surface area contributed by atoms with Gasteiger partial charge in [-0.15, -0.1) is 11.8 Å². The van der Waals surface area contributed by atoms with E-state index in [2.05, 4.69) is 13.8 Å². The fraction of sp³-hybridized carbons (Fsp3) is 0.478. The molecule has 0 N–H and O–H groups in total. The molecule has 0 bridgehead atoms. The van der Waals surface area contributed by atoms with Crippen molar-refractivity contribution >= 4 is 23.6 Å². The molecule has 0 aliphatic heterocycles. The molecule has 1 aromatic carbocycles. The zero-order chi connectivity index (χ0) is 20.8. The number of aromatic nitrogens is 1. The van der Waals surface area contributed by atoms with Gasteiger partial charge in [0.25, 0.3) is 0 Å². The highest BCUT2D eigenvalue weighted by Gasteiger charge is 2.34. The van der Waals surface area contributed by atoms with Gasteiger partial charge in [0.05, 0.1) is 12.3 Å². The third kappa shape index (κ3) is 6.39. The first-order valence-electron chi connectivity index (χ1n) is 10.3. The number of hydrogen-bond donors (Lipinski definition) is 0. The van der Waals surface area contributed by atoms with Gasteiger partial charge in [-0.1, -0.05) is 32.0 Å². The van der Waals surface area contributed by atoms with Gasteiger partial charge in [0, 0.05) is 36.4 Å². The largest absolute Gasteiger partial charge is 0.353 e. The van der Waals surface area contributed by atoms with Crippen LogP contribution < -0.4 is 0 Å². The minimum absolute atomic E-state index is 0.0323. The molecule has 0 radical (unpaired) electrons. The highest BCUT2D eigenvalue weighted by Crippen LogP contribution is 2.28. The molecule has 2 aromatic rings. The Morgan fingerprint density at radius 2 is 1.83 bits per heavy atom. The average Bonchev–Trinajstić information content (AvgIpc) is 3.46. The number of thioether (sulfide) groups is 1. The van der Waals surface area contributed by atoms with E-state index in [4.69, 9.17) is 0 Å². The Kier molecular flexibility index (Phi) is 7.42. The summed E-state index contributed by atoms with van der Waals surface area (Å²) in [4.78, 5) is 30.8. The van der Waals surface area contributed by atoms with E-state index in [0.29, 0.717) is 24.8 Å². The zero-order valence-electron chi connectivity index (χ0n) is 17.6. The van der Waals surface area contributed by atoms with Gasteiger partial charge >= 0.3 is 0 Å². The number of benzene rings is 1. The van der Waals surface area contributed by atoms with Crippen molar-refractivity contribution in [3.05, 3.63) is 54.4 Å². The fourth-order valence-corrected chi connectivity index (χ4v) is 4.15. The van der Waals surface area contributed by atoms with E-state index in [1.165, 1.54) is 11.8 Å². The maximum absolute atomic E-state index is 13.2. The first-order chi connectivity index (χ1) is 13.9. The topological polar surface area (TPSA) is 45.6 Å². The van der Waals surface area contributed by atoms with E-state index < -0.39 is 0 Å². The summed E-state index contributed by atoms with van der Waals surface area (Å²) in [6, 6.07) is 14.2. The fourth-order valence-electron chi connectivity index (χ4n) is 3.35. The molecule has 0 saturated heterocycles. The van der Waals surface area contributed by atoms with Gasteiger partial charge in [0.15, 0.2) is 0 Å². The van der Waals surface area contributed by atoms with Crippen LogP contribution in [0.3, 0.4) is 0 Å². The van der Waals surface area contributed by atoms with E-state index in [-0.39, 0.29) is 24.4 Å². The SMILES string of the molecule is CC(C)CN(Cc1cccn1C)C(=O)CN(C(=O)CSc1ccccc1)C1CC1.